The van der Waals surface area contributed by atoms with Gasteiger partial charge in [-0.2, -0.15) is 0 Å². The number of fused-ring (bicyclic) bond motifs is 3. The van der Waals surface area contributed by atoms with Crippen LogP contribution in [-0.4, -0.2) is 38.4 Å². The van der Waals surface area contributed by atoms with E-state index in [4.69, 9.17) is 4.74 Å². The molecule has 1 aromatic carbocycles. The highest BCUT2D eigenvalue weighted by molar-refractivity contribution is 5.81. The van der Waals surface area contributed by atoms with Gasteiger partial charge in [-0.3, -0.25) is 0 Å². The highest BCUT2D eigenvalue weighted by Crippen LogP contribution is 2.46. The minimum atomic E-state index is -0.881. The summed E-state index contributed by atoms with van der Waals surface area (Å²) in [5.41, 5.74) is 0.736. The normalized spacial score (nSPS) is 28.6. The number of nitrogens with zero attached hydrogens (tertiary/aromatic N) is 2. The predicted molar refractivity (Wildman–Crippen MR) is 101 cm³/mol. The third kappa shape index (κ3) is 2.88. The van der Waals surface area contributed by atoms with Crippen LogP contribution < -0.4 is 0 Å². The Kier molecular flexibility index (Phi) is 3.85. The molecule has 2 unspecified atom stereocenters. The van der Waals surface area contributed by atoms with Gasteiger partial charge in [-0.1, -0.05) is 6.07 Å². The Hall–Kier alpha value is -2.01. The molecule has 2 fully saturated rings. The second-order valence-electron chi connectivity index (χ2n) is 8.91. The standard InChI is InChI=1S/C21H28N2O3/c1-20(2,3)26-19(24)23-16-6-7-17(23)13-21(25,12-16)15-5-8-18-14(11-15)9-10-22(18)4/h5,8-11,16-17,25H,6-7,12-13H2,1-4H3. The molecule has 140 valence electrons. The van der Waals surface area contributed by atoms with E-state index >= 15 is 0 Å². The van der Waals surface area contributed by atoms with E-state index in [9.17, 15) is 9.90 Å². The van der Waals surface area contributed by atoms with Crippen molar-refractivity contribution in [2.75, 3.05) is 0 Å². The highest BCUT2D eigenvalue weighted by atomic mass is 16.6. The third-order valence-corrected chi connectivity index (χ3v) is 5.79. The maximum absolute atomic E-state index is 12.6. The summed E-state index contributed by atoms with van der Waals surface area (Å²) >= 11 is 0. The maximum atomic E-state index is 12.6. The summed E-state index contributed by atoms with van der Waals surface area (Å²) in [6, 6.07) is 8.36. The third-order valence-electron chi connectivity index (χ3n) is 5.79. The molecule has 5 heteroatoms. The van der Waals surface area contributed by atoms with Gasteiger partial charge in [-0.25, -0.2) is 4.79 Å². The fourth-order valence-electron chi connectivity index (χ4n) is 4.64. The van der Waals surface area contributed by atoms with Gasteiger partial charge in [0.05, 0.1) is 5.60 Å². The van der Waals surface area contributed by atoms with Crippen LogP contribution in [0.2, 0.25) is 0 Å². The number of hydrogen-bond acceptors (Lipinski definition) is 3. The smallest absolute Gasteiger partial charge is 0.410 e. The summed E-state index contributed by atoms with van der Waals surface area (Å²) in [5.74, 6) is 0. The van der Waals surface area contributed by atoms with Crippen molar-refractivity contribution in [3.05, 3.63) is 36.0 Å². The van der Waals surface area contributed by atoms with E-state index in [1.165, 1.54) is 0 Å². The van der Waals surface area contributed by atoms with E-state index in [2.05, 4.69) is 22.8 Å². The number of benzene rings is 1. The van der Waals surface area contributed by atoms with Crippen LogP contribution >= 0.6 is 0 Å². The van der Waals surface area contributed by atoms with E-state index in [0.29, 0.717) is 12.8 Å². The Morgan fingerprint density at radius 3 is 2.46 bits per heavy atom. The summed E-state index contributed by atoms with van der Waals surface area (Å²) in [6.45, 7) is 5.67. The Balaban J connectivity index is 1.59. The molecule has 2 aliphatic heterocycles. The molecule has 0 aliphatic carbocycles. The molecular formula is C21H28N2O3. The van der Waals surface area contributed by atoms with Gasteiger partial charge in [-0.05, 0) is 62.8 Å². The number of hydrogen-bond donors (Lipinski definition) is 1. The summed E-state index contributed by atoms with van der Waals surface area (Å²) < 4.78 is 7.68. The van der Waals surface area contributed by atoms with Crippen molar-refractivity contribution < 1.29 is 14.6 Å². The van der Waals surface area contributed by atoms with Crippen LogP contribution in [0, 0.1) is 0 Å². The molecule has 2 atom stereocenters. The second-order valence-corrected chi connectivity index (χ2v) is 8.91. The van der Waals surface area contributed by atoms with Gasteiger partial charge in [0.1, 0.15) is 5.60 Å². The first-order valence-corrected chi connectivity index (χ1v) is 9.46. The van der Waals surface area contributed by atoms with Crippen molar-refractivity contribution in [1.82, 2.24) is 9.47 Å². The van der Waals surface area contributed by atoms with Gasteiger partial charge in [-0.15, -0.1) is 0 Å². The van der Waals surface area contributed by atoms with Crippen molar-refractivity contribution in [2.24, 2.45) is 7.05 Å². The molecule has 2 aromatic rings. The number of aromatic nitrogens is 1. The predicted octanol–water partition coefficient (Wildman–Crippen LogP) is 3.93. The first-order valence-electron chi connectivity index (χ1n) is 9.46. The molecular weight excluding hydrogens is 328 g/mol. The second kappa shape index (κ2) is 5.74. The molecule has 5 nitrogen and oxygen atoms in total. The number of aryl methyl sites for hydroxylation is 1. The minimum Gasteiger partial charge on any atom is -0.444 e. The average Bonchev–Trinajstić information content (AvgIpc) is 3.04. The SMILES string of the molecule is Cn1ccc2cc(C3(O)CC4CCC(C3)N4C(=O)OC(C)(C)C)ccc21. The van der Waals surface area contributed by atoms with Gasteiger partial charge in [0.2, 0.25) is 0 Å². The van der Waals surface area contributed by atoms with Gasteiger partial charge < -0.3 is 19.3 Å². The number of rotatable bonds is 1. The van der Waals surface area contributed by atoms with Crippen LogP contribution in [0.15, 0.2) is 30.5 Å². The van der Waals surface area contributed by atoms with Crippen molar-refractivity contribution >= 4 is 17.0 Å². The van der Waals surface area contributed by atoms with Crippen molar-refractivity contribution in [2.45, 2.75) is 69.7 Å². The van der Waals surface area contributed by atoms with Crippen LogP contribution in [-0.2, 0) is 17.4 Å². The van der Waals surface area contributed by atoms with Crippen molar-refractivity contribution in [1.29, 1.82) is 0 Å². The van der Waals surface area contributed by atoms with Crippen molar-refractivity contribution in [3.63, 3.8) is 0 Å². The first-order chi connectivity index (χ1) is 12.2. The highest BCUT2D eigenvalue weighted by Gasteiger charge is 2.51. The molecule has 0 spiro atoms. The molecule has 0 radical (unpaired) electrons. The lowest BCUT2D eigenvalue weighted by molar-refractivity contribution is -0.0623. The monoisotopic (exact) mass is 356 g/mol. The molecule has 4 rings (SSSR count). The molecule has 0 saturated carbocycles. The van der Waals surface area contributed by atoms with E-state index in [-0.39, 0.29) is 18.2 Å². The number of carbonyl (C=O) groups is 1. The molecule has 1 amide bonds. The van der Waals surface area contributed by atoms with Crippen molar-refractivity contribution in [3.8, 4) is 0 Å². The Labute approximate surface area is 154 Å². The zero-order valence-electron chi connectivity index (χ0n) is 16.0. The number of carbonyl (C=O) groups excluding carboxylic acids is 1. The first kappa shape index (κ1) is 17.4. The summed E-state index contributed by atoms with van der Waals surface area (Å²) in [5, 5.41) is 12.6. The average molecular weight is 356 g/mol. The van der Waals surface area contributed by atoms with Crippen LogP contribution in [0.1, 0.15) is 52.0 Å². The van der Waals surface area contributed by atoms with Crippen LogP contribution in [0.4, 0.5) is 4.79 Å². The molecule has 1 aromatic heterocycles. The van der Waals surface area contributed by atoms with Gasteiger partial charge in [0.15, 0.2) is 0 Å². The maximum Gasteiger partial charge on any atom is 0.410 e. The lowest BCUT2D eigenvalue weighted by Crippen LogP contribution is -2.53. The van der Waals surface area contributed by atoms with E-state index in [0.717, 1.165) is 29.3 Å². The zero-order chi connectivity index (χ0) is 18.7. The number of ether oxygens (including phenoxy) is 1. The summed E-state index contributed by atoms with van der Waals surface area (Å²) in [4.78, 5) is 14.5. The Bertz CT molecular complexity index is 835. The summed E-state index contributed by atoms with van der Waals surface area (Å²) in [7, 11) is 2.02. The number of amides is 1. The van der Waals surface area contributed by atoms with Crippen LogP contribution in [0.3, 0.4) is 0 Å². The van der Waals surface area contributed by atoms with Gasteiger partial charge in [0.25, 0.3) is 0 Å². The fourth-order valence-corrected chi connectivity index (χ4v) is 4.64. The summed E-state index contributed by atoms with van der Waals surface area (Å²) in [6.07, 6.45) is 4.79. The Morgan fingerprint density at radius 1 is 1.19 bits per heavy atom. The zero-order valence-corrected chi connectivity index (χ0v) is 16.0. The van der Waals surface area contributed by atoms with E-state index in [1.807, 2.05) is 45.0 Å². The van der Waals surface area contributed by atoms with Gasteiger partial charge >= 0.3 is 6.09 Å². The molecule has 26 heavy (non-hydrogen) atoms. The van der Waals surface area contributed by atoms with Gasteiger partial charge in [0, 0.05) is 43.7 Å². The quantitative estimate of drug-likeness (QED) is 0.842. The fraction of sp³-hybridized carbons (Fsp3) is 0.571. The lowest BCUT2D eigenvalue weighted by atomic mass is 9.80. The molecule has 1 N–H and O–H groups in total. The largest absolute Gasteiger partial charge is 0.444 e. The topological polar surface area (TPSA) is 54.7 Å². The van der Waals surface area contributed by atoms with Crippen LogP contribution in [0.5, 0.6) is 0 Å². The molecule has 2 saturated heterocycles. The number of aliphatic hydroxyl groups is 1. The lowest BCUT2D eigenvalue weighted by Gasteiger charge is -2.44. The van der Waals surface area contributed by atoms with E-state index in [1.54, 1.807) is 0 Å². The van der Waals surface area contributed by atoms with E-state index < -0.39 is 11.2 Å². The Morgan fingerprint density at radius 2 is 1.85 bits per heavy atom. The van der Waals surface area contributed by atoms with Crippen LogP contribution in [0.25, 0.3) is 10.9 Å². The molecule has 2 bridgehead atoms. The molecule has 2 aliphatic rings. The number of piperidine rings is 1. The molecule has 3 heterocycles. The minimum absolute atomic E-state index is 0.0417.